The van der Waals surface area contributed by atoms with Crippen molar-refractivity contribution < 1.29 is 9.59 Å². The molecule has 2 aliphatic rings. The van der Waals surface area contributed by atoms with Crippen LogP contribution in [-0.2, 0) is 17.8 Å². The Morgan fingerprint density at radius 2 is 1.76 bits per heavy atom. The van der Waals surface area contributed by atoms with Crippen molar-refractivity contribution in [1.82, 2.24) is 14.8 Å². The largest absolute Gasteiger partial charge is 0.341 e. The number of fused-ring (bicyclic) bond motifs is 1. The lowest BCUT2D eigenvalue weighted by Gasteiger charge is -2.37. The highest BCUT2D eigenvalue weighted by atomic mass is 16.2. The molecule has 25 heavy (non-hydrogen) atoms. The van der Waals surface area contributed by atoms with E-state index in [0.717, 1.165) is 37.1 Å². The molecule has 0 saturated carbocycles. The average molecular weight is 335 g/mol. The molecule has 1 saturated heterocycles. The molecule has 128 valence electrons. The lowest BCUT2D eigenvalue weighted by molar-refractivity contribution is -0.135. The van der Waals surface area contributed by atoms with Gasteiger partial charge in [-0.15, -0.1) is 0 Å². The van der Waals surface area contributed by atoms with E-state index in [9.17, 15) is 9.59 Å². The monoisotopic (exact) mass is 335 g/mol. The van der Waals surface area contributed by atoms with Gasteiger partial charge in [0.05, 0.1) is 5.56 Å². The minimum Gasteiger partial charge on any atom is -0.341 e. The van der Waals surface area contributed by atoms with Crippen molar-refractivity contribution in [3.05, 3.63) is 65.5 Å². The van der Waals surface area contributed by atoms with E-state index in [-0.39, 0.29) is 11.8 Å². The Kier molecular flexibility index (Phi) is 4.22. The van der Waals surface area contributed by atoms with Crippen LogP contribution in [0.2, 0.25) is 0 Å². The summed E-state index contributed by atoms with van der Waals surface area (Å²) < 4.78 is 0. The van der Waals surface area contributed by atoms with E-state index >= 15 is 0 Å². The van der Waals surface area contributed by atoms with Crippen LogP contribution in [0.25, 0.3) is 0 Å². The number of amides is 2. The van der Waals surface area contributed by atoms with Crippen LogP contribution >= 0.6 is 0 Å². The van der Waals surface area contributed by atoms with Gasteiger partial charge in [0.2, 0.25) is 5.91 Å². The molecule has 2 aliphatic heterocycles. The molecule has 0 N–H and O–H groups in total. The maximum atomic E-state index is 13.1. The van der Waals surface area contributed by atoms with Gasteiger partial charge < -0.3 is 9.80 Å². The van der Waals surface area contributed by atoms with Crippen molar-refractivity contribution in [2.75, 3.05) is 13.1 Å². The zero-order valence-electron chi connectivity index (χ0n) is 14.1. The molecule has 0 bridgehead atoms. The van der Waals surface area contributed by atoms with E-state index in [1.165, 1.54) is 0 Å². The number of pyridine rings is 1. The van der Waals surface area contributed by atoms with Gasteiger partial charge in [0.25, 0.3) is 5.91 Å². The highest BCUT2D eigenvalue weighted by Gasteiger charge is 2.37. The van der Waals surface area contributed by atoms with Crippen LogP contribution in [-0.4, -0.2) is 45.7 Å². The van der Waals surface area contributed by atoms with Gasteiger partial charge in [0, 0.05) is 38.4 Å². The summed E-state index contributed by atoms with van der Waals surface area (Å²) in [5, 5.41) is 0. The standard InChI is InChI=1S/C20H21N3O2/c24-19(16-8-5-9-21-13-16)23-14-17-7-2-1-6-15(17)12-18(23)20(25)22-10-3-4-11-22/h1-2,5-9,13,18H,3-4,10-12,14H2/t18-/m1/s1. The number of benzene rings is 1. The third kappa shape index (κ3) is 3.02. The average Bonchev–Trinajstić information content (AvgIpc) is 3.21. The molecule has 5 heteroatoms. The lowest BCUT2D eigenvalue weighted by Crippen LogP contribution is -2.53. The number of carbonyl (C=O) groups excluding carboxylic acids is 2. The Morgan fingerprint density at radius 1 is 1.00 bits per heavy atom. The summed E-state index contributed by atoms with van der Waals surface area (Å²) in [4.78, 5) is 33.8. The van der Waals surface area contributed by atoms with Crippen molar-refractivity contribution in [2.45, 2.75) is 31.8 Å². The van der Waals surface area contributed by atoms with Crippen LogP contribution in [0.1, 0.15) is 34.3 Å². The number of nitrogens with zero attached hydrogens (tertiary/aromatic N) is 3. The molecule has 1 aromatic carbocycles. The molecule has 3 heterocycles. The Labute approximate surface area is 147 Å². The van der Waals surface area contributed by atoms with E-state index in [1.807, 2.05) is 23.1 Å². The predicted octanol–water partition coefficient (Wildman–Crippen LogP) is 2.27. The number of likely N-dealkylation sites (tertiary alicyclic amines) is 1. The Bertz CT molecular complexity index is 785. The van der Waals surface area contributed by atoms with Gasteiger partial charge in [-0.05, 0) is 36.1 Å². The van der Waals surface area contributed by atoms with Gasteiger partial charge in [-0.25, -0.2) is 0 Å². The smallest absolute Gasteiger partial charge is 0.256 e. The van der Waals surface area contributed by atoms with Gasteiger partial charge in [-0.3, -0.25) is 14.6 Å². The second-order valence-corrected chi connectivity index (χ2v) is 6.70. The van der Waals surface area contributed by atoms with Crippen LogP contribution in [0.5, 0.6) is 0 Å². The number of carbonyl (C=O) groups is 2. The highest BCUT2D eigenvalue weighted by Crippen LogP contribution is 2.27. The third-order valence-corrected chi connectivity index (χ3v) is 5.12. The first-order valence-corrected chi connectivity index (χ1v) is 8.80. The molecule has 0 spiro atoms. The molecule has 2 amide bonds. The number of hydrogen-bond donors (Lipinski definition) is 0. The lowest BCUT2D eigenvalue weighted by atomic mass is 9.92. The summed E-state index contributed by atoms with van der Waals surface area (Å²) >= 11 is 0. The predicted molar refractivity (Wildman–Crippen MR) is 93.9 cm³/mol. The SMILES string of the molecule is O=C([C@H]1Cc2ccccc2CN1C(=O)c1cccnc1)N1CCCC1. The summed E-state index contributed by atoms with van der Waals surface area (Å²) in [7, 11) is 0. The third-order valence-electron chi connectivity index (χ3n) is 5.12. The number of rotatable bonds is 2. The quantitative estimate of drug-likeness (QED) is 0.846. The summed E-state index contributed by atoms with van der Waals surface area (Å²) in [5.41, 5.74) is 2.81. The minimum atomic E-state index is -0.430. The Morgan fingerprint density at radius 3 is 2.48 bits per heavy atom. The molecule has 0 aliphatic carbocycles. The second-order valence-electron chi connectivity index (χ2n) is 6.70. The first-order valence-electron chi connectivity index (χ1n) is 8.80. The number of aromatic nitrogens is 1. The van der Waals surface area contributed by atoms with Gasteiger partial charge in [0.1, 0.15) is 6.04 Å². The van der Waals surface area contributed by atoms with Crippen molar-refractivity contribution in [3.8, 4) is 0 Å². The number of hydrogen-bond acceptors (Lipinski definition) is 3. The first-order chi connectivity index (χ1) is 12.2. The molecule has 5 nitrogen and oxygen atoms in total. The van der Waals surface area contributed by atoms with Crippen molar-refractivity contribution in [1.29, 1.82) is 0 Å². The first kappa shape index (κ1) is 15.8. The maximum Gasteiger partial charge on any atom is 0.256 e. The zero-order valence-corrected chi connectivity index (χ0v) is 14.1. The molecular weight excluding hydrogens is 314 g/mol. The summed E-state index contributed by atoms with van der Waals surface area (Å²) in [5.74, 6) is -0.0515. The van der Waals surface area contributed by atoms with Crippen LogP contribution in [0.3, 0.4) is 0 Å². The van der Waals surface area contributed by atoms with Crippen LogP contribution in [0.4, 0.5) is 0 Å². The van der Waals surface area contributed by atoms with Crippen molar-refractivity contribution in [3.63, 3.8) is 0 Å². The van der Waals surface area contributed by atoms with Crippen LogP contribution in [0.15, 0.2) is 48.8 Å². The minimum absolute atomic E-state index is 0.0734. The molecule has 1 atom stereocenters. The molecule has 2 aromatic rings. The normalized spacial score (nSPS) is 19.6. The fourth-order valence-electron chi connectivity index (χ4n) is 3.76. The molecule has 1 aromatic heterocycles. The van der Waals surface area contributed by atoms with Crippen molar-refractivity contribution in [2.24, 2.45) is 0 Å². The van der Waals surface area contributed by atoms with Crippen molar-refractivity contribution >= 4 is 11.8 Å². The van der Waals surface area contributed by atoms with Crippen LogP contribution in [0, 0.1) is 0 Å². The molecular formula is C20H21N3O2. The summed E-state index contributed by atoms with van der Waals surface area (Å²) in [6.45, 7) is 2.06. The second kappa shape index (κ2) is 6.67. The molecule has 0 radical (unpaired) electrons. The highest BCUT2D eigenvalue weighted by molar-refractivity contribution is 5.97. The van der Waals surface area contributed by atoms with E-state index in [2.05, 4.69) is 11.1 Å². The van der Waals surface area contributed by atoms with E-state index in [1.54, 1.807) is 29.4 Å². The zero-order chi connectivity index (χ0) is 17.2. The summed E-state index contributed by atoms with van der Waals surface area (Å²) in [6.07, 6.45) is 5.89. The summed E-state index contributed by atoms with van der Waals surface area (Å²) in [6, 6.07) is 11.2. The molecule has 1 fully saturated rings. The van der Waals surface area contributed by atoms with E-state index in [0.29, 0.717) is 18.5 Å². The fourth-order valence-corrected chi connectivity index (χ4v) is 3.76. The van der Waals surface area contributed by atoms with Crippen LogP contribution < -0.4 is 0 Å². The fraction of sp³-hybridized carbons (Fsp3) is 0.350. The van der Waals surface area contributed by atoms with Gasteiger partial charge >= 0.3 is 0 Å². The Balaban J connectivity index is 1.68. The molecule has 4 rings (SSSR count). The van der Waals surface area contributed by atoms with Gasteiger partial charge in [-0.2, -0.15) is 0 Å². The topological polar surface area (TPSA) is 53.5 Å². The molecule has 0 unspecified atom stereocenters. The maximum absolute atomic E-state index is 13.1. The van der Waals surface area contributed by atoms with Gasteiger partial charge in [0.15, 0.2) is 0 Å². The van der Waals surface area contributed by atoms with Gasteiger partial charge in [-0.1, -0.05) is 24.3 Å². The van der Waals surface area contributed by atoms with E-state index in [4.69, 9.17) is 0 Å². The Hall–Kier alpha value is -2.69. The van der Waals surface area contributed by atoms with E-state index < -0.39 is 6.04 Å².